The first kappa shape index (κ1) is 14.7. The molecule has 3 rings (SSSR count). The molecule has 1 N–H and O–H groups in total. The molecule has 2 heterocycles. The van der Waals surface area contributed by atoms with Crippen LogP contribution in [0.25, 0.3) is 0 Å². The summed E-state index contributed by atoms with van der Waals surface area (Å²) < 4.78 is 55.1. The number of nitrogens with one attached hydrogen (secondary N) is 1. The number of hydrogen-bond acceptors (Lipinski definition) is 3. The van der Waals surface area contributed by atoms with Crippen molar-refractivity contribution in [1.82, 2.24) is 0 Å². The Hall–Kier alpha value is -1.21. The molecule has 0 radical (unpaired) electrons. The lowest BCUT2D eigenvalue weighted by Gasteiger charge is -2.28. The molecule has 0 spiro atoms. The minimum atomic E-state index is -1.40. The normalized spacial score (nSPS) is 21.2. The van der Waals surface area contributed by atoms with E-state index in [0.29, 0.717) is 6.42 Å². The molecule has 1 aromatic carbocycles. The number of thiophene rings is 1. The van der Waals surface area contributed by atoms with Gasteiger partial charge in [0.15, 0.2) is 23.3 Å². The lowest BCUT2D eigenvalue weighted by molar-refractivity contribution is 0.455. The Morgan fingerprint density at radius 1 is 1.14 bits per heavy atom. The van der Waals surface area contributed by atoms with Crippen molar-refractivity contribution in [3.8, 4) is 0 Å². The Morgan fingerprint density at radius 2 is 1.81 bits per heavy atom. The van der Waals surface area contributed by atoms with Crippen molar-refractivity contribution in [2.75, 3.05) is 5.32 Å². The van der Waals surface area contributed by atoms with Crippen LogP contribution in [0.4, 0.5) is 23.2 Å². The van der Waals surface area contributed by atoms with Gasteiger partial charge in [-0.05, 0) is 23.4 Å². The van der Waals surface area contributed by atoms with Gasteiger partial charge in [0.1, 0.15) is 5.69 Å². The summed E-state index contributed by atoms with van der Waals surface area (Å²) in [5.74, 6) is -5.59. The first-order chi connectivity index (χ1) is 9.97. The van der Waals surface area contributed by atoms with Crippen LogP contribution < -0.4 is 5.32 Å². The predicted molar refractivity (Wildman–Crippen MR) is 76.9 cm³/mol. The maximum absolute atomic E-state index is 13.7. The molecule has 1 nitrogen and oxygen atoms in total. The summed E-state index contributed by atoms with van der Waals surface area (Å²) in [6, 6.07) is 1.71. The summed E-state index contributed by atoms with van der Waals surface area (Å²) in [6.45, 7) is 2.00. The fraction of sp³-hybridized carbons (Fsp3) is 0.286. The lowest BCUT2D eigenvalue weighted by Crippen LogP contribution is -2.20. The molecule has 2 atom stereocenters. The van der Waals surface area contributed by atoms with Gasteiger partial charge in [-0.25, -0.2) is 17.6 Å². The highest BCUT2D eigenvalue weighted by atomic mass is 32.2. The SMILES string of the molecule is C[C@H]1CC(Nc2c(F)c(F)cc(F)c2F)c2ccsc2S1. The molecular weight excluding hydrogens is 322 g/mol. The topological polar surface area (TPSA) is 12.0 Å². The molecule has 0 amide bonds. The van der Waals surface area contributed by atoms with E-state index in [4.69, 9.17) is 0 Å². The van der Waals surface area contributed by atoms with Crippen molar-refractivity contribution < 1.29 is 17.6 Å². The molecule has 7 heteroatoms. The van der Waals surface area contributed by atoms with Crippen LogP contribution in [-0.4, -0.2) is 5.25 Å². The van der Waals surface area contributed by atoms with Crippen molar-refractivity contribution in [3.63, 3.8) is 0 Å². The second-order valence-corrected chi connectivity index (χ2v) is 7.49. The molecule has 112 valence electrons. The van der Waals surface area contributed by atoms with Crippen molar-refractivity contribution in [2.24, 2.45) is 0 Å². The van der Waals surface area contributed by atoms with Crippen LogP contribution in [0.15, 0.2) is 21.7 Å². The molecule has 2 aromatic rings. The number of hydrogen-bond donors (Lipinski definition) is 1. The summed E-state index contributed by atoms with van der Waals surface area (Å²) in [6.07, 6.45) is 0.616. The van der Waals surface area contributed by atoms with E-state index < -0.39 is 29.0 Å². The maximum atomic E-state index is 13.7. The van der Waals surface area contributed by atoms with Gasteiger partial charge in [0.25, 0.3) is 0 Å². The van der Waals surface area contributed by atoms with Crippen LogP contribution >= 0.6 is 23.1 Å². The Balaban J connectivity index is 1.99. The maximum Gasteiger partial charge on any atom is 0.185 e. The molecule has 0 saturated heterocycles. The van der Waals surface area contributed by atoms with E-state index in [1.807, 2.05) is 18.4 Å². The first-order valence-electron chi connectivity index (χ1n) is 6.31. The van der Waals surface area contributed by atoms with E-state index in [2.05, 4.69) is 5.32 Å². The molecule has 1 aromatic heterocycles. The van der Waals surface area contributed by atoms with Gasteiger partial charge < -0.3 is 5.32 Å². The summed E-state index contributed by atoms with van der Waals surface area (Å²) >= 11 is 3.24. The molecule has 1 unspecified atom stereocenters. The molecule has 1 aliphatic heterocycles. The molecular formula is C14H11F4NS2. The van der Waals surface area contributed by atoms with Crippen LogP contribution in [0.1, 0.15) is 24.9 Å². The third kappa shape index (κ3) is 2.64. The zero-order valence-electron chi connectivity index (χ0n) is 10.9. The average molecular weight is 333 g/mol. The van der Waals surface area contributed by atoms with Crippen LogP contribution in [0, 0.1) is 23.3 Å². The van der Waals surface area contributed by atoms with Crippen LogP contribution in [0.2, 0.25) is 0 Å². The minimum Gasteiger partial charge on any atom is -0.373 e. The zero-order chi connectivity index (χ0) is 15.1. The number of fused-ring (bicyclic) bond motifs is 1. The number of benzene rings is 1. The van der Waals surface area contributed by atoms with Crippen molar-refractivity contribution in [3.05, 3.63) is 46.3 Å². The predicted octanol–water partition coefficient (Wildman–Crippen LogP) is 5.34. The Bertz CT molecular complexity index is 660. The van der Waals surface area contributed by atoms with E-state index in [1.165, 1.54) is 0 Å². The molecule has 1 aliphatic rings. The van der Waals surface area contributed by atoms with Crippen LogP contribution in [-0.2, 0) is 0 Å². The van der Waals surface area contributed by atoms with E-state index >= 15 is 0 Å². The third-order valence-electron chi connectivity index (χ3n) is 3.34. The fourth-order valence-corrected chi connectivity index (χ4v) is 4.93. The van der Waals surface area contributed by atoms with Gasteiger partial charge in [-0.2, -0.15) is 0 Å². The Morgan fingerprint density at radius 3 is 2.48 bits per heavy atom. The van der Waals surface area contributed by atoms with Gasteiger partial charge in [0.2, 0.25) is 0 Å². The molecule has 0 saturated carbocycles. The highest BCUT2D eigenvalue weighted by Crippen LogP contribution is 2.45. The van der Waals surface area contributed by atoms with Gasteiger partial charge in [-0.1, -0.05) is 6.92 Å². The number of anilines is 1. The van der Waals surface area contributed by atoms with E-state index in [9.17, 15) is 17.6 Å². The first-order valence-corrected chi connectivity index (χ1v) is 8.07. The van der Waals surface area contributed by atoms with Crippen LogP contribution in [0.3, 0.4) is 0 Å². The van der Waals surface area contributed by atoms with Gasteiger partial charge >= 0.3 is 0 Å². The van der Waals surface area contributed by atoms with Crippen molar-refractivity contribution in [1.29, 1.82) is 0 Å². The third-order valence-corrected chi connectivity index (χ3v) is 5.68. The van der Waals surface area contributed by atoms with Crippen LogP contribution in [0.5, 0.6) is 0 Å². The van der Waals surface area contributed by atoms with Gasteiger partial charge in [-0.3, -0.25) is 0 Å². The standard InChI is InChI=1S/C14H11F4NS2/c1-6-4-10(7-2-3-20-14(7)21-6)19-13-11(17)8(15)5-9(16)12(13)18/h2-3,5-6,10,19H,4H2,1H3/t6-,10?/m0/s1. The summed E-state index contributed by atoms with van der Waals surface area (Å²) in [5, 5.41) is 4.78. The summed E-state index contributed by atoms with van der Waals surface area (Å²) in [5.41, 5.74) is 0.167. The van der Waals surface area contributed by atoms with E-state index in [-0.39, 0.29) is 17.4 Å². The smallest absolute Gasteiger partial charge is 0.185 e. The number of halogens is 4. The highest BCUT2D eigenvalue weighted by Gasteiger charge is 2.29. The van der Waals surface area contributed by atoms with Gasteiger partial charge in [-0.15, -0.1) is 23.1 Å². The quantitative estimate of drug-likeness (QED) is 0.588. The summed E-state index contributed by atoms with van der Waals surface area (Å²) in [4.78, 5) is 0. The molecule has 21 heavy (non-hydrogen) atoms. The van der Waals surface area contributed by atoms with Crippen molar-refractivity contribution >= 4 is 28.8 Å². The molecule has 0 fully saturated rings. The zero-order valence-corrected chi connectivity index (χ0v) is 12.6. The largest absolute Gasteiger partial charge is 0.373 e. The monoisotopic (exact) mass is 333 g/mol. The average Bonchev–Trinajstić information content (AvgIpc) is 2.89. The van der Waals surface area contributed by atoms with E-state index in [1.54, 1.807) is 23.1 Å². The summed E-state index contributed by atoms with van der Waals surface area (Å²) in [7, 11) is 0. The molecule has 0 aliphatic carbocycles. The second-order valence-electron chi connectivity index (χ2n) is 4.87. The lowest BCUT2D eigenvalue weighted by atomic mass is 10.0. The fourth-order valence-electron chi connectivity index (χ4n) is 2.36. The Labute approximate surface area is 127 Å². The second kappa shape index (κ2) is 5.53. The van der Waals surface area contributed by atoms with Crippen molar-refractivity contribution in [2.45, 2.75) is 28.8 Å². The molecule has 0 bridgehead atoms. The van der Waals surface area contributed by atoms with Gasteiger partial charge in [0, 0.05) is 11.3 Å². The number of thioether (sulfide) groups is 1. The Kier molecular flexibility index (Phi) is 3.88. The highest BCUT2D eigenvalue weighted by molar-refractivity contribution is 8.01. The van der Waals surface area contributed by atoms with Gasteiger partial charge in [0.05, 0.1) is 10.3 Å². The number of rotatable bonds is 2. The van der Waals surface area contributed by atoms with E-state index in [0.717, 1.165) is 9.77 Å². The minimum absolute atomic E-state index is 0.214.